The van der Waals surface area contributed by atoms with E-state index in [9.17, 15) is 4.39 Å². The van der Waals surface area contributed by atoms with Crippen molar-refractivity contribution in [2.75, 3.05) is 7.11 Å². The molecule has 0 amide bonds. The summed E-state index contributed by atoms with van der Waals surface area (Å²) >= 11 is 0. The fraction of sp³-hybridized carbons (Fsp3) is 0.455. The summed E-state index contributed by atoms with van der Waals surface area (Å²) in [5, 5.41) is 0. The van der Waals surface area contributed by atoms with Gasteiger partial charge in [0, 0.05) is 6.04 Å². The minimum atomic E-state index is -0.350. The number of halogens is 2. The van der Waals surface area contributed by atoms with E-state index in [0.29, 0.717) is 0 Å². The number of nitrogens with two attached hydrogens (primary N) is 1. The van der Waals surface area contributed by atoms with E-state index in [0.717, 1.165) is 18.4 Å². The first-order valence-corrected chi connectivity index (χ1v) is 4.78. The zero-order valence-corrected chi connectivity index (χ0v) is 9.81. The first-order valence-electron chi connectivity index (χ1n) is 4.78. The SMILES string of the molecule is CCC[C@@H](N)c1ccc(OC)c(F)c1.Cl. The van der Waals surface area contributed by atoms with Gasteiger partial charge in [-0.05, 0) is 24.1 Å². The Hall–Kier alpha value is -0.800. The highest BCUT2D eigenvalue weighted by molar-refractivity contribution is 5.85. The Morgan fingerprint density at radius 2 is 2.13 bits per heavy atom. The average molecular weight is 234 g/mol. The molecule has 0 fully saturated rings. The molecule has 15 heavy (non-hydrogen) atoms. The molecular weight excluding hydrogens is 217 g/mol. The van der Waals surface area contributed by atoms with Crippen molar-refractivity contribution < 1.29 is 9.13 Å². The van der Waals surface area contributed by atoms with E-state index in [-0.39, 0.29) is 30.0 Å². The van der Waals surface area contributed by atoms with Gasteiger partial charge in [-0.1, -0.05) is 19.4 Å². The first kappa shape index (κ1) is 14.2. The molecule has 0 unspecified atom stereocenters. The van der Waals surface area contributed by atoms with Crippen molar-refractivity contribution in [2.45, 2.75) is 25.8 Å². The van der Waals surface area contributed by atoms with Gasteiger partial charge in [0.1, 0.15) is 0 Å². The van der Waals surface area contributed by atoms with Gasteiger partial charge in [0.25, 0.3) is 0 Å². The van der Waals surface area contributed by atoms with Gasteiger partial charge in [0.2, 0.25) is 0 Å². The van der Waals surface area contributed by atoms with Crippen molar-refractivity contribution in [3.05, 3.63) is 29.6 Å². The summed E-state index contributed by atoms with van der Waals surface area (Å²) in [4.78, 5) is 0. The van der Waals surface area contributed by atoms with E-state index in [2.05, 4.69) is 6.92 Å². The maximum atomic E-state index is 13.3. The topological polar surface area (TPSA) is 35.2 Å². The molecule has 0 heterocycles. The number of hydrogen-bond acceptors (Lipinski definition) is 2. The molecule has 1 aromatic carbocycles. The lowest BCUT2D eigenvalue weighted by atomic mass is 10.0. The molecule has 0 aliphatic heterocycles. The fourth-order valence-corrected chi connectivity index (χ4v) is 1.39. The summed E-state index contributed by atoms with van der Waals surface area (Å²) in [5.41, 5.74) is 6.68. The third kappa shape index (κ3) is 3.68. The Kier molecular flexibility index (Phi) is 6.29. The third-order valence-electron chi connectivity index (χ3n) is 2.20. The predicted octanol–water partition coefficient (Wildman–Crippen LogP) is 3.06. The van der Waals surface area contributed by atoms with E-state index in [1.54, 1.807) is 6.07 Å². The van der Waals surface area contributed by atoms with Gasteiger partial charge in [-0.15, -0.1) is 12.4 Å². The number of rotatable bonds is 4. The number of benzene rings is 1. The Balaban J connectivity index is 0.00000196. The Morgan fingerprint density at radius 3 is 2.60 bits per heavy atom. The largest absolute Gasteiger partial charge is 0.494 e. The van der Waals surface area contributed by atoms with Crippen LogP contribution < -0.4 is 10.5 Å². The molecule has 1 rings (SSSR count). The highest BCUT2D eigenvalue weighted by atomic mass is 35.5. The highest BCUT2D eigenvalue weighted by Gasteiger charge is 2.08. The predicted molar refractivity (Wildman–Crippen MR) is 62.0 cm³/mol. The molecule has 0 saturated heterocycles. The Bertz CT molecular complexity index is 307. The highest BCUT2D eigenvalue weighted by Crippen LogP contribution is 2.22. The minimum Gasteiger partial charge on any atom is -0.494 e. The molecule has 4 heteroatoms. The quantitative estimate of drug-likeness (QED) is 0.868. The molecule has 0 aromatic heterocycles. The Labute approximate surface area is 96.0 Å². The van der Waals surface area contributed by atoms with Gasteiger partial charge in [0.15, 0.2) is 11.6 Å². The molecule has 0 aliphatic rings. The second-order valence-electron chi connectivity index (χ2n) is 3.29. The van der Waals surface area contributed by atoms with E-state index in [4.69, 9.17) is 10.5 Å². The summed E-state index contributed by atoms with van der Waals surface area (Å²) < 4.78 is 18.1. The number of hydrogen-bond donors (Lipinski definition) is 1. The Morgan fingerprint density at radius 1 is 1.47 bits per heavy atom. The second kappa shape index (κ2) is 6.64. The van der Waals surface area contributed by atoms with Crippen LogP contribution >= 0.6 is 12.4 Å². The lowest BCUT2D eigenvalue weighted by Crippen LogP contribution is -2.10. The standard InChI is InChI=1S/C11H16FNO.ClH/c1-3-4-10(13)8-5-6-11(14-2)9(12)7-8;/h5-7,10H,3-4,13H2,1-2H3;1H/t10-;/m1./s1. The lowest BCUT2D eigenvalue weighted by Gasteiger charge is -2.11. The molecule has 86 valence electrons. The maximum absolute atomic E-state index is 13.3. The maximum Gasteiger partial charge on any atom is 0.165 e. The van der Waals surface area contributed by atoms with Crippen molar-refractivity contribution in [1.29, 1.82) is 0 Å². The zero-order chi connectivity index (χ0) is 10.6. The molecule has 2 nitrogen and oxygen atoms in total. The minimum absolute atomic E-state index is 0. The van der Waals surface area contributed by atoms with Gasteiger partial charge < -0.3 is 10.5 Å². The second-order valence-corrected chi connectivity index (χ2v) is 3.29. The molecule has 0 saturated carbocycles. The summed E-state index contributed by atoms with van der Waals surface area (Å²) in [6.07, 6.45) is 1.86. The molecule has 1 aromatic rings. The van der Waals surface area contributed by atoms with Crippen LogP contribution in [0.15, 0.2) is 18.2 Å². The van der Waals surface area contributed by atoms with Gasteiger partial charge >= 0.3 is 0 Å². The third-order valence-corrected chi connectivity index (χ3v) is 2.20. The lowest BCUT2D eigenvalue weighted by molar-refractivity contribution is 0.385. The molecule has 0 bridgehead atoms. The van der Waals surface area contributed by atoms with Crippen molar-refractivity contribution in [3.63, 3.8) is 0 Å². The fourth-order valence-electron chi connectivity index (χ4n) is 1.39. The van der Waals surface area contributed by atoms with Crippen molar-refractivity contribution in [2.24, 2.45) is 5.73 Å². The van der Waals surface area contributed by atoms with Crippen LogP contribution in [0.1, 0.15) is 31.4 Å². The van der Waals surface area contributed by atoms with Crippen LogP contribution in [-0.4, -0.2) is 7.11 Å². The molecule has 0 radical (unpaired) electrons. The van der Waals surface area contributed by atoms with Crippen LogP contribution in [0, 0.1) is 5.82 Å². The molecule has 2 N–H and O–H groups in total. The van der Waals surface area contributed by atoms with E-state index >= 15 is 0 Å². The summed E-state index contributed by atoms with van der Waals surface area (Å²) in [6.45, 7) is 2.06. The molecule has 1 atom stereocenters. The number of ether oxygens (including phenoxy) is 1. The van der Waals surface area contributed by atoms with Crippen molar-refractivity contribution in [1.82, 2.24) is 0 Å². The van der Waals surface area contributed by atoms with Gasteiger partial charge in [-0.3, -0.25) is 0 Å². The van der Waals surface area contributed by atoms with Gasteiger partial charge in [-0.25, -0.2) is 4.39 Å². The van der Waals surface area contributed by atoms with Crippen LogP contribution in [0.2, 0.25) is 0 Å². The van der Waals surface area contributed by atoms with Crippen LogP contribution in [0.3, 0.4) is 0 Å². The smallest absolute Gasteiger partial charge is 0.165 e. The summed E-state index contributed by atoms with van der Waals surface area (Å²) in [7, 11) is 1.45. The number of methoxy groups -OCH3 is 1. The monoisotopic (exact) mass is 233 g/mol. The first-order chi connectivity index (χ1) is 6.69. The van der Waals surface area contributed by atoms with E-state index in [1.807, 2.05) is 6.07 Å². The van der Waals surface area contributed by atoms with Crippen LogP contribution in [0.4, 0.5) is 4.39 Å². The van der Waals surface area contributed by atoms with Crippen LogP contribution in [-0.2, 0) is 0 Å². The summed E-state index contributed by atoms with van der Waals surface area (Å²) in [6, 6.07) is 4.78. The summed E-state index contributed by atoms with van der Waals surface area (Å²) in [5.74, 6) is -0.0889. The van der Waals surface area contributed by atoms with Gasteiger partial charge in [-0.2, -0.15) is 0 Å². The van der Waals surface area contributed by atoms with Crippen molar-refractivity contribution in [3.8, 4) is 5.75 Å². The van der Waals surface area contributed by atoms with Crippen molar-refractivity contribution >= 4 is 12.4 Å². The molecule has 0 aliphatic carbocycles. The van der Waals surface area contributed by atoms with E-state index in [1.165, 1.54) is 13.2 Å². The average Bonchev–Trinajstić information content (AvgIpc) is 2.18. The van der Waals surface area contributed by atoms with Gasteiger partial charge in [0.05, 0.1) is 7.11 Å². The normalized spacial score (nSPS) is 11.7. The zero-order valence-electron chi connectivity index (χ0n) is 9.00. The van der Waals surface area contributed by atoms with Crippen LogP contribution in [0.25, 0.3) is 0 Å². The molecular formula is C11H17ClFNO. The van der Waals surface area contributed by atoms with E-state index < -0.39 is 0 Å². The van der Waals surface area contributed by atoms with Crippen LogP contribution in [0.5, 0.6) is 5.75 Å². The molecule has 0 spiro atoms.